The molecule has 0 amide bonds. The third-order valence-electron chi connectivity index (χ3n) is 3.92. The summed E-state index contributed by atoms with van der Waals surface area (Å²) in [5, 5.41) is 10.0. The minimum absolute atomic E-state index is 0.424. The molecule has 1 saturated heterocycles. The van der Waals surface area contributed by atoms with Crippen molar-refractivity contribution in [1.82, 2.24) is 4.90 Å². The van der Waals surface area contributed by atoms with Gasteiger partial charge in [-0.15, -0.1) is 0 Å². The average Bonchev–Trinajstić information content (AvgIpc) is 2.20. The van der Waals surface area contributed by atoms with Crippen LogP contribution in [0.2, 0.25) is 0 Å². The molecule has 2 heteroatoms. The molecule has 2 rings (SSSR count). The maximum absolute atomic E-state index is 10.0. The highest BCUT2D eigenvalue weighted by molar-refractivity contribution is 5.37. The van der Waals surface area contributed by atoms with E-state index < -0.39 is 5.60 Å². The predicted molar refractivity (Wildman–Crippen MR) is 71.2 cm³/mol. The monoisotopic (exact) mass is 233 g/mol. The van der Waals surface area contributed by atoms with Gasteiger partial charge in [-0.25, -0.2) is 0 Å². The van der Waals surface area contributed by atoms with Crippen molar-refractivity contribution in [3.8, 4) is 0 Å². The van der Waals surface area contributed by atoms with Gasteiger partial charge in [0, 0.05) is 19.6 Å². The van der Waals surface area contributed by atoms with Crippen molar-refractivity contribution >= 4 is 0 Å². The van der Waals surface area contributed by atoms with Crippen LogP contribution >= 0.6 is 0 Å². The lowest BCUT2D eigenvalue weighted by Gasteiger charge is -2.46. The second-order valence-corrected chi connectivity index (χ2v) is 5.60. The number of β-amino-alcohol motifs (C(OH)–C–C–N with tert-alkyl or cyclic N) is 1. The first-order chi connectivity index (χ1) is 7.93. The maximum Gasteiger partial charge on any atom is 0.0897 e. The van der Waals surface area contributed by atoms with E-state index in [0.29, 0.717) is 0 Å². The average molecular weight is 233 g/mol. The number of aliphatic hydroxyl groups is 1. The summed E-state index contributed by atoms with van der Waals surface area (Å²) >= 11 is 0. The number of benzene rings is 1. The van der Waals surface area contributed by atoms with Gasteiger partial charge in [0.25, 0.3) is 0 Å². The Bertz CT molecular complexity index is 396. The van der Waals surface area contributed by atoms with Crippen LogP contribution in [0.4, 0.5) is 0 Å². The fourth-order valence-corrected chi connectivity index (χ4v) is 2.80. The molecular formula is C15H23NO. The topological polar surface area (TPSA) is 23.5 Å². The minimum atomic E-state index is -0.424. The normalized spacial score (nSPS) is 19.1. The quantitative estimate of drug-likeness (QED) is 0.867. The molecule has 0 atom stereocenters. The molecule has 1 N–H and O–H groups in total. The van der Waals surface area contributed by atoms with Crippen molar-refractivity contribution in [3.05, 3.63) is 34.4 Å². The van der Waals surface area contributed by atoms with Crippen LogP contribution in [-0.2, 0) is 6.54 Å². The second-order valence-electron chi connectivity index (χ2n) is 5.60. The number of hydrogen-bond donors (Lipinski definition) is 1. The molecule has 0 unspecified atom stereocenters. The maximum atomic E-state index is 10.0. The molecule has 94 valence electrons. The number of nitrogens with zero attached hydrogens (tertiary/aromatic N) is 1. The fraction of sp³-hybridized carbons (Fsp3) is 0.600. The van der Waals surface area contributed by atoms with Crippen LogP contribution in [0.3, 0.4) is 0 Å². The predicted octanol–water partition coefficient (Wildman–Crippen LogP) is 2.57. The standard InChI is InChI=1S/C15H23NO/c1-5-15(17)9-16(10-15)8-14-12(3)6-11(2)7-13(14)4/h6-7,17H,5,8-10H2,1-4H3. The molecule has 17 heavy (non-hydrogen) atoms. The largest absolute Gasteiger partial charge is 0.387 e. The van der Waals surface area contributed by atoms with Crippen LogP contribution in [0.25, 0.3) is 0 Å². The van der Waals surface area contributed by atoms with Gasteiger partial charge in [-0.3, -0.25) is 4.90 Å². The van der Waals surface area contributed by atoms with Gasteiger partial charge in [-0.1, -0.05) is 24.6 Å². The lowest BCUT2D eigenvalue weighted by molar-refractivity contribution is -0.103. The lowest BCUT2D eigenvalue weighted by Crippen LogP contribution is -2.60. The lowest BCUT2D eigenvalue weighted by atomic mass is 9.89. The molecule has 1 fully saturated rings. The van der Waals surface area contributed by atoms with E-state index in [1.165, 1.54) is 22.3 Å². The highest BCUT2D eigenvalue weighted by atomic mass is 16.3. The third kappa shape index (κ3) is 2.53. The highest BCUT2D eigenvalue weighted by Gasteiger charge is 2.39. The Morgan fingerprint density at radius 1 is 1.18 bits per heavy atom. The first-order valence-electron chi connectivity index (χ1n) is 6.45. The van der Waals surface area contributed by atoms with Gasteiger partial charge in [0.05, 0.1) is 5.60 Å². The van der Waals surface area contributed by atoms with Crippen LogP contribution in [0.5, 0.6) is 0 Å². The number of likely N-dealkylation sites (tertiary alicyclic amines) is 1. The van der Waals surface area contributed by atoms with Crippen molar-refractivity contribution < 1.29 is 5.11 Å². The summed E-state index contributed by atoms with van der Waals surface area (Å²) in [6.45, 7) is 11.2. The molecule has 1 heterocycles. The van der Waals surface area contributed by atoms with Crippen molar-refractivity contribution in [2.45, 2.75) is 46.3 Å². The molecule has 0 saturated carbocycles. The zero-order chi connectivity index (χ0) is 12.6. The van der Waals surface area contributed by atoms with Crippen molar-refractivity contribution in [2.24, 2.45) is 0 Å². The Labute approximate surface area is 104 Å². The summed E-state index contributed by atoms with van der Waals surface area (Å²) in [5.41, 5.74) is 5.07. The van der Waals surface area contributed by atoms with E-state index >= 15 is 0 Å². The Balaban J connectivity index is 2.06. The van der Waals surface area contributed by atoms with E-state index in [1.54, 1.807) is 0 Å². The molecule has 2 nitrogen and oxygen atoms in total. The minimum Gasteiger partial charge on any atom is -0.387 e. The molecule has 0 aromatic heterocycles. The summed E-state index contributed by atoms with van der Waals surface area (Å²) in [6, 6.07) is 4.49. The summed E-state index contributed by atoms with van der Waals surface area (Å²) in [7, 11) is 0. The summed E-state index contributed by atoms with van der Waals surface area (Å²) < 4.78 is 0. The van der Waals surface area contributed by atoms with Crippen molar-refractivity contribution in [2.75, 3.05) is 13.1 Å². The fourth-order valence-electron chi connectivity index (χ4n) is 2.80. The summed E-state index contributed by atoms with van der Waals surface area (Å²) in [5.74, 6) is 0. The van der Waals surface area contributed by atoms with Gasteiger partial charge in [0.2, 0.25) is 0 Å². The SMILES string of the molecule is CCC1(O)CN(Cc2c(C)cc(C)cc2C)C1. The smallest absolute Gasteiger partial charge is 0.0897 e. The number of hydrogen-bond acceptors (Lipinski definition) is 2. The molecule has 1 aromatic carbocycles. The Morgan fingerprint density at radius 2 is 1.71 bits per heavy atom. The van der Waals surface area contributed by atoms with Gasteiger partial charge < -0.3 is 5.11 Å². The molecule has 0 aliphatic carbocycles. The molecule has 0 spiro atoms. The van der Waals surface area contributed by atoms with Gasteiger partial charge >= 0.3 is 0 Å². The van der Waals surface area contributed by atoms with Gasteiger partial charge in [-0.2, -0.15) is 0 Å². The zero-order valence-corrected chi connectivity index (χ0v) is 11.4. The van der Waals surface area contributed by atoms with E-state index in [4.69, 9.17) is 0 Å². The first kappa shape index (κ1) is 12.6. The van der Waals surface area contributed by atoms with Gasteiger partial charge in [0.1, 0.15) is 0 Å². The van der Waals surface area contributed by atoms with E-state index in [2.05, 4.69) is 44.7 Å². The Morgan fingerprint density at radius 3 is 2.18 bits per heavy atom. The van der Waals surface area contributed by atoms with Gasteiger partial charge in [0.15, 0.2) is 0 Å². The molecule has 1 aliphatic rings. The van der Waals surface area contributed by atoms with Crippen molar-refractivity contribution in [1.29, 1.82) is 0 Å². The number of aryl methyl sites for hydroxylation is 3. The van der Waals surface area contributed by atoms with Crippen LogP contribution in [0, 0.1) is 20.8 Å². The van der Waals surface area contributed by atoms with Crippen LogP contribution in [0.1, 0.15) is 35.6 Å². The van der Waals surface area contributed by atoms with Crippen LogP contribution < -0.4 is 0 Å². The van der Waals surface area contributed by atoms with Crippen molar-refractivity contribution in [3.63, 3.8) is 0 Å². The van der Waals surface area contributed by atoms with E-state index in [-0.39, 0.29) is 0 Å². The highest BCUT2D eigenvalue weighted by Crippen LogP contribution is 2.27. The van der Waals surface area contributed by atoms with Crippen LogP contribution in [-0.4, -0.2) is 28.7 Å². The van der Waals surface area contributed by atoms with Crippen LogP contribution in [0.15, 0.2) is 12.1 Å². The molecule has 0 bridgehead atoms. The Kier molecular flexibility index (Phi) is 3.28. The third-order valence-corrected chi connectivity index (χ3v) is 3.92. The molecular weight excluding hydrogens is 210 g/mol. The van der Waals surface area contributed by atoms with E-state index in [9.17, 15) is 5.11 Å². The van der Waals surface area contributed by atoms with E-state index in [0.717, 1.165) is 26.1 Å². The number of rotatable bonds is 3. The zero-order valence-electron chi connectivity index (χ0n) is 11.4. The van der Waals surface area contributed by atoms with E-state index in [1.807, 2.05) is 0 Å². The van der Waals surface area contributed by atoms with Gasteiger partial charge in [-0.05, 0) is 43.9 Å². The second kappa shape index (κ2) is 4.43. The molecule has 1 aliphatic heterocycles. The summed E-state index contributed by atoms with van der Waals surface area (Å²) in [6.07, 6.45) is 0.857. The molecule has 1 aromatic rings. The molecule has 0 radical (unpaired) electrons. The first-order valence-corrected chi connectivity index (χ1v) is 6.45. The Hall–Kier alpha value is -0.860. The summed E-state index contributed by atoms with van der Waals surface area (Å²) in [4.78, 5) is 2.33.